The number of carbonyl (C=O) groups excluding carboxylic acids is 1. The van der Waals surface area contributed by atoms with Crippen molar-refractivity contribution in [3.05, 3.63) is 76.8 Å². The molecule has 0 unspecified atom stereocenters. The van der Waals surface area contributed by atoms with Crippen LogP contribution < -0.4 is 4.74 Å². The molecule has 0 amide bonds. The molecule has 0 bridgehead atoms. The van der Waals surface area contributed by atoms with Crippen LogP contribution in [0.25, 0.3) is 33.1 Å². The Labute approximate surface area is 181 Å². The van der Waals surface area contributed by atoms with Gasteiger partial charge in [0.1, 0.15) is 11.3 Å². The number of ether oxygens (including phenoxy) is 1. The Bertz CT molecular complexity index is 1410. The molecule has 5 rings (SSSR count). The second-order valence-electron chi connectivity index (χ2n) is 7.01. The fraction of sp³-hybridized carbons (Fsp3) is 0.125. The van der Waals surface area contributed by atoms with E-state index in [2.05, 4.69) is 15.9 Å². The van der Waals surface area contributed by atoms with Gasteiger partial charge in [0.05, 0.1) is 29.7 Å². The lowest BCUT2D eigenvalue weighted by Gasteiger charge is -2.08. The molecular weight excluding hydrogens is 442 g/mol. The number of carbonyl (C=O) groups is 1. The Kier molecular flexibility index (Phi) is 4.71. The van der Waals surface area contributed by atoms with Gasteiger partial charge in [-0.1, -0.05) is 28.1 Å². The van der Waals surface area contributed by atoms with Crippen molar-refractivity contribution in [2.45, 2.75) is 13.5 Å². The minimum absolute atomic E-state index is 0.00901. The maximum absolute atomic E-state index is 13.1. The van der Waals surface area contributed by atoms with Crippen molar-refractivity contribution in [2.24, 2.45) is 0 Å². The third kappa shape index (κ3) is 3.23. The van der Waals surface area contributed by atoms with Crippen LogP contribution in [-0.4, -0.2) is 26.9 Å². The van der Waals surface area contributed by atoms with E-state index in [0.717, 1.165) is 37.7 Å². The molecule has 6 heteroatoms. The van der Waals surface area contributed by atoms with Crippen molar-refractivity contribution in [2.75, 3.05) is 6.61 Å². The zero-order valence-corrected chi connectivity index (χ0v) is 17.9. The molecule has 0 aliphatic carbocycles. The van der Waals surface area contributed by atoms with Gasteiger partial charge in [-0.2, -0.15) is 0 Å². The summed E-state index contributed by atoms with van der Waals surface area (Å²) >= 11 is 3.55. The Morgan fingerprint density at radius 2 is 1.73 bits per heavy atom. The maximum Gasteiger partial charge on any atom is 0.182 e. The van der Waals surface area contributed by atoms with E-state index in [-0.39, 0.29) is 12.3 Å². The molecule has 0 spiro atoms. The first-order valence-electron chi connectivity index (χ1n) is 9.74. The van der Waals surface area contributed by atoms with Crippen LogP contribution in [0.1, 0.15) is 17.3 Å². The van der Waals surface area contributed by atoms with Gasteiger partial charge in [-0.3, -0.25) is 4.79 Å². The third-order valence-electron chi connectivity index (χ3n) is 5.10. The summed E-state index contributed by atoms with van der Waals surface area (Å²) in [5, 5.41) is 0.970. The molecule has 0 saturated heterocycles. The lowest BCUT2D eigenvalue weighted by molar-refractivity contribution is 0.0974. The van der Waals surface area contributed by atoms with Gasteiger partial charge < -0.3 is 9.30 Å². The van der Waals surface area contributed by atoms with E-state index in [4.69, 9.17) is 14.7 Å². The van der Waals surface area contributed by atoms with E-state index in [9.17, 15) is 4.79 Å². The molecule has 0 saturated carbocycles. The quantitative estimate of drug-likeness (QED) is 0.312. The van der Waals surface area contributed by atoms with Crippen LogP contribution in [0.3, 0.4) is 0 Å². The number of halogens is 1. The lowest BCUT2D eigenvalue weighted by atomic mass is 10.1. The van der Waals surface area contributed by atoms with Gasteiger partial charge in [-0.25, -0.2) is 9.97 Å². The number of hydrogen-bond donors (Lipinski definition) is 0. The average Bonchev–Trinajstić information content (AvgIpc) is 3.05. The van der Waals surface area contributed by atoms with Gasteiger partial charge in [-0.15, -0.1) is 0 Å². The predicted molar refractivity (Wildman–Crippen MR) is 122 cm³/mol. The van der Waals surface area contributed by atoms with Crippen molar-refractivity contribution in [3.63, 3.8) is 0 Å². The van der Waals surface area contributed by atoms with Gasteiger partial charge in [0.15, 0.2) is 11.4 Å². The maximum atomic E-state index is 13.1. The van der Waals surface area contributed by atoms with Crippen LogP contribution in [0.15, 0.2) is 71.2 Å². The highest BCUT2D eigenvalue weighted by atomic mass is 79.9. The zero-order chi connectivity index (χ0) is 20.7. The third-order valence-corrected chi connectivity index (χ3v) is 5.59. The first-order chi connectivity index (χ1) is 14.6. The average molecular weight is 460 g/mol. The molecule has 30 heavy (non-hydrogen) atoms. The molecule has 2 aromatic heterocycles. The molecule has 0 aliphatic rings. The molecule has 2 heterocycles. The number of aromatic nitrogens is 3. The number of para-hydroxylation sites is 2. The van der Waals surface area contributed by atoms with Gasteiger partial charge in [-0.05, 0) is 61.5 Å². The molecule has 0 radical (unpaired) electrons. The summed E-state index contributed by atoms with van der Waals surface area (Å²) in [5.41, 5.74) is 4.72. The van der Waals surface area contributed by atoms with E-state index in [0.29, 0.717) is 17.8 Å². The van der Waals surface area contributed by atoms with Crippen molar-refractivity contribution < 1.29 is 9.53 Å². The van der Waals surface area contributed by atoms with Gasteiger partial charge in [0, 0.05) is 15.4 Å². The monoisotopic (exact) mass is 459 g/mol. The van der Waals surface area contributed by atoms with E-state index < -0.39 is 0 Å². The summed E-state index contributed by atoms with van der Waals surface area (Å²) in [6.45, 7) is 2.71. The van der Waals surface area contributed by atoms with Crippen molar-refractivity contribution >= 4 is 54.8 Å². The number of nitrogens with zero attached hydrogens (tertiary/aromatic N) is 3. The molecule has 148 valence electrons. The number of rotatable bonds is 5. The lowest BCUT2D eigenvalue weighted by Crippen LogP contribution is -2.11. The van der Waals surface area contributed by atoms with Gasteiger partial charge >= 0.3 is 0 Å². The van der Waals surface area contributed by atoms with Crippen LogP contribution in [0.4, 0.5) is 0 Å². The molecule has 0 atom stereocenters. The summed E-state index contributed by atoms with van der Waals surface area (Å²) in [4.78, 5) is 22.8. The topological polar surface area (TPSA) is 57.0 Å². The second kappa shape index (κ2) is 7.54. The number of Topliss-reactive ketones (excluding diaryl/α,β-unsaturated/α-hetero) is 1. The number of ketones is 1. The van der Waals surface area contributed by atoms with Crippen LogP contribution in [0.2, 0.25) is 0 Å². The number of benzene rings is 3. The fourth-order valence-corrected chi connectivity index (χ4v) is 4.07. The van der Waals surface area contributed by atoms with E-state index in [1.165, 1.54) is 0 Å². The number of hydrogen-bond acceptors (Lipinski definition) is 4. The first kappa shape index (κ1) is 18.8. The molecule has 5 aromatic rings. The summed E-state index contributed by atoms with van der Waals surface area (Å²) in [6, 6.07) is 21.0. The second-order valence-corrected chi connectivity index (χ2v) is 7.93. The summed E-state index contributed by atoms with van der Waals surface area (Å²) in [6.07, 6.45) is 0. The number of fused-ring (bicyclic) bond motifs is 4. The van der Waals surface area contributed by atoms with Crippen LogP contribution in [-0.2, 0) is 6.54 Å². The van der Waals surface area contributed by atoms with Crippen molar-refractivity contribution in [3.8, 4) is 5.75 Å². The van der Waals surface area contributed by atoms with Crippen LogP contribution in [0, 0.1) is 0 Å². The highest BCUT2D eigenvalue weighted by Crippen LogP contribution is 2.30. The van der Waals surface area contributed by atoms with Crippen molar-refractivity contribution in [1.82, 2.24) is 14.5 Å². The SMILES string of the molecule is CCOc1ccc(C(=O)Cn2c3ccc(Br)cc3c3nc4ccccc4nc32)cc1. The first-order valence-corrected chi connectivity index (χ1v) is 10.5. The predicted octanol–water partition coefficient (Wildman–Crippen LogP) is 5.78. The molecule has 0 N–H and O–H groups in total. The summed E-state index contributed by atoms with van der Waals surface area (Å²) < 4.78 is 8.39. The van der Waals surface area contributed by atoms with E-state index >= 15 is 0 Å². The smallest absolute Gasteiger partial charge is 0.182 e. The van der Waals surface area contributed by atoms with Crippen molar-refractivity contribution in [1.29, 1.82) is 0 Å². The zero-order valence-electron chi connectivity index (χ0n) is 16.3. The standard InChI is InChI=1S/C24H18BrN3O2/c1-2-30-17-10-7-15(8-11-17)22(29)14-28-21-12-9-16(25)13-18(21)23-24(28)27-20-6-4-3-5-19(20)26-23/h3-13H,2,14H2,1H3. The van der Waals surface area contributed by atoms with E-state index in [1.807, 2.05) is 66.1 Å². The normalized spacial score (nSPS) is 11.4. The van der Waals surface area contributed by atoms with Crippen LogP contribution >= 0.6 is 15.9 Å². The van der Waals surface area contributed by atoms with Crippen LogP contribution in [0.5, 0.6) is 5.75 Å². The fourth-order valence-electron chi connectivity index (χ4n) is 3.71. The Morgan fingerprint density at radius 3 is 2.47 bits per heavy atom. The largest absolute Gasteiger partial charge is 0.494 e. The molecular formula is C24H18BrN3O2. The van der Waals surface area contributed by atoms with E-state index in [1.54, 1.807) is 12.1 Å². The summed E-state index contributed by atoms with van der Waals surface area (Å²) in [5.74, 6) is 0.767. The van der Waals surface area contributed by atoms with Gasteiger partial charge in [0.25, 0.3) is 0 Å². The molecule has 3 aromatic carbocycles. The summed E-state index contributed by atoms with van der Waals surface area (Å²) in [7, 11) is 0. The Balaban J connectivity index is 1.65. The highest BCUT2D eigenvalue weighted by Gasteiger charge is 2.17. The molecule has 5 nitrogen and oxygen atoms in total. The highest BCUT2D eigenvalue weighted by molar-refractivity contribution is 9.10. The minimum atomic E-state index is 0.00901. The molecule has 0 fully saturated rings. The van der Waals surface area contributed by atoms with Gasteiger partial charge in [0.2, 0.25) is 0 Å². The molecule has 0 aliphatic heterocycles. The Morgan fingerprint density at radius 1 is 1.00 bits per heavy atom. The Hall–Kier alpha value is -3.25. The minimum Gasteiger partial charge on any atom is -0.494 e.